The number of allylic oxidation sites excluding steroid dienone is 2. The largest absolute Gasteiger partial charge is 0.875 e. The van der Waals surface area contributed by atoms with Crippen molar-refractivity contribution in [2.75, 3.05) is 0 Å². The number of rotatable bonds is 3. The van der Waals surface area contributed by atoms with Gasteiger partial charge in [0.15, 0.2) is 5.78 Å². The molecule has 1 aliphatic rings. The number of carboxylic acids is 1. The van der Waals surface area contributed by atoms with Crippen molar-refractivity contribution in [2.24, 2.45) is 10.4 Å². The van der Waals surface area contributed by atoms with Gasteiger partial charge in [0.05, 0.1) is 11.3 Å². The van der Waals surface area contributed by atoms with Gasteiger partial charge in [-0.25, -0.2) is 4.79 Å². The minimum absolute atomic E-state index is 0.0328. The first-order valence-electron chi connectivity index (χ1n) is 6.60. The number of carbonyl (C=O) groups is 2. The van der Waals surface area contributed by atoms with Crippen LogP contribution in [-0.4, -0.2) is 23.1 Å². The van der Waals surface area contributed by atoms with Crippen molar-refractivity contribution in [3.8, 4) is 0 Å². The molecule has 5 nitrogen and oxygen atoms in total. The van der Waals surface area contributed by atoms with Gasteiger partial charge in [0.25, 0.3) is 0 Å². The van der Waals surface area contributed by atoms with Crippen molar-refractivity contribution in [3.05, 3.63) is 41.2 Å². The fourth-order valence-electron chi connectivity index (χ4n) is 2.32. The molecule has 1 aliphatic carbocycles. The number of aliphatic imine (C=N–C) groups is 1. The third-order valence-corrected chi connectivity index (χ3v) is 3.35. The van der Waals surface area contributed by atoms with Crippen molar-refractivity contribution >= 4 is 23.7 Å². The normalized spacial score (nSPS) is 18.3. The lowest BCUT2D eigenvalue weighted by Crippen LogP contribution is -2.30. The number of carbonyl (C=O) groups excluding carboxylic acids is 1. The molecule has 21 heavy (non-hydrogen) atoms. The Labute approximate surface area is 122 Å². The molecule has 110 valence electrons. The van der Waals surface area contributed by atoms with Gasteiger partial charge in [0, 0.05) is 18.2 Å². The first kappa shape index (κ1) is 15.0. The molecule has 0 aliphatic heterocycles. The minimum Gasteiger partial charge on any atom is -0.875 e. The summed E-state index contributed by atoms with van der Waals surface area (Å²) < 4.78 is 0. The summed E-state index contributed by atoms with van der Waals surface area (Å²) in [4.78, 5) is 27.1. The summed E-state index contributed by atoms with van der Waals surface area (Å²) >= 11 is 0. The van der Waals surface area contributed by atoms with Gasteiger partial charge < -0.3 is 10.2 Å². The number of Topliss-reactive ketones (excluding diaryl/α,β-unsaturated/α-hetero) is 1. The lowest BCUT2D eigenvalue weighted by atomic mass is 9.77. The van der Waals surface area contributed by atoms with E-state index in [9.17, 15) is 14.7 Å². The van der Waals surface area contributed by atoms with Gasteiger partial charge in [-0.05, 0) is 24.0 Å². The molecule has 0 spiro atoms. The second kappa shape index (κ2) is 5.52. The molecule has 0 aromatic heterocycles. The van der Waals surface area contributed by atoms with Crippen LogP contribution in [0.15, 0.2) is 40.6 Å². The molecule has 1 aromatic carbocycles. The smallest absolute Gasteiger partial charge is 0.337 e. The molecular formula is C16H16NO4-. The van der Waals surface area contributed by atoms with Gasteiger partial charge >= 0.3 is 5.97 Å². The summed E-state index contributed by atoms with van der Waals surface area (Å²) in [6, 6.07) is 6.20. The minimum atomic E-state index is -1.10. The molecule has 0 unspecified atom stereocenters. The van der Waals surface area contributed by atoms with E-state index in [4.69, 9.17) is 5.11 Å². The Kier molecular flexibility index (Phi) is 3.93. The highest BCUT2D eigenvalue weighted by Crippen LogP contribution is 2.34. The highest BCUT2D eigenvalue weighted by Gasteiger charge is 2.28. The van der Waals surface area contributed by atoms with E-state index in [2.05, 4.69) is 4.99 Å². The summed E-state index contributed by atoms with van der Waals surface area (Å²) in [6.07, 6.45) is 1.78. The number of ketones is 1. The Morgan fingerprint density at radius 3 is 2.62 bits per heavy atom. The monoisotopic (exact) mass is 286 g/mol. The van der Waals surface area contributed by atoms with Crippen LogP contribution in [0.25, 0.3) is 0 Å². The summed E-state index contributed by atoms with van der Waals surface area (Å²) in [5.41, 5.74) is -0.0207. The Morgan fingerprint density at radius 1 is 1.33 bits per heavy atom. The number of aromatic carboxylic acids is 1. The maximum absolute atomic E-state index is 12.0. The van der Waals surface area contributed by atoms with Crippen LogP contribution in [0.2, 0.25) is 0 Å². The lowest BCUT2D eigenvalue weighted by molar-refractivity contribution is -0.311. The zero-order valence-corrected chi connectivity index (χ0v) is 11.9. The van der Waals surface area contributed by atoms with Crippen LogP contribution in [0, 0.1) is 5.41 Å². The van der Waals surface area contributed by atoms with Crippen LogP contribution in [-0.2, 0) is 4.79 Å². The molecule has 2 rings (SSSR count). The van der Waals surface area contributed by atoms with E-state index < -0.39 is 5.97 Å². The lowest BCUT2D eigenvalue weighted by Gasteiger charge is -2.33. The van der Waals surface area contributed by atoms with Crippen LogP contribution >= 0.6 is 0 Å². The zero-order valence-electron chi connectivity index (χ0n) is 11.9. The summed E-state index contributed by atoms with van der Waals surface area (Å²) in [5, 5.41) is 21.1. The molecule has 0 fully saturated rings. The van der Waals surface area contributed by atoms with Gasteiger partial charge in [0.2, 0.25) is 0 Å². The fourth-order valence-corrected chi connectivity index (χ4v) is 2.32. The molecule has 0 bridgehead atoms. The third kappa shape index (κ3) is 3.37. The molecule has 0 radical (unpaired) electrons. The van der Waals surface area contributed by atoms with Crippen molar-refractivity contribution in [1.29, 1.82) is 0 Å². The van der Waals surface area contributed by atoms with Gasteiger partial charge in [-0.3, -0.25) is 9.79 Å². The van der Waals surface area contributed by atoms with Gasteiger partial charge in [-0.2, -0.15) is 0 Å². The first-order chi connectivity index (χ1) is 9.80. The molecule has 0 saturated heterocycles. The number of benzene rings is 1. The highest BCUT2D eigenvalue weighted by molar-refractivity contribution is 6.15. The van der Waals surface area contributed by atoms with Crippen molar-refractivity contribution in [3.63, 3.8) is 0 Å². The van der Waals surface area contributed by atoms with E-state index in [0.29, 0.717) is 12.8 Å². The maximum Gasteiger partial charge on any atom is 0.337 e. The molecule has 1 aromatic rings. The van der Waals surface area contributed by atoms with E-state index in [0.717, 1.165) is 0 Å². The summed E-state index contributed by atoms with van der Waals surface area (Å²) in [7, 11) is 0. The zero-order chi connectivity index (χ0) is 15.6. The average Bonchev–Trinajstić information content (AvgIpc) is 2.36. The second-order valence-electron chi connectivity index (χ2n) is 5.86. The quantitative estimate of drug-likeness (QED) is 0.861. The summed E-state index contributed by atoms with van der Waals surface area (Å²) in [5.74, 6) is -1.59. The number of hydrogen-bond donors (Lipinski definition) is 1. The SMILES string of the molecule is CC1(C)CC(=O)C(C=Nc2ccccc2C(=O)O)=C([O-])C1. The molecular weight excluding hydrogens is 270 g/mol. The number of nitrogens with zero attached hydrogens (tertiary/aromatic N) is 1. The predicted molar refractivity (Wildman–Crippen MR) is 76.6 cm³/mol. The number of carboxylic acid groups (broad SMARTS) is 1. The van der Waals surface area contributed by atoms with Crippen molar-refractivity contribution in [1.82, 2.24) is 0 Å². The fraction of sp³-hybridized carbons (Fsp3) is 0.312. The first-order valence-corrected chi connectivity index (χ1v) is 6.60. The number of para-hydroxylation sites is 1. The third-order valence-electron chi connectivity index (χ3n) is 3.35. The summed E-state index contributed by atoms with van der Waals surface area (Å²) in [6.45, 7) is 3.74. The van der Waals surface area contributed by atoms with E-state index in [-0.39, 0.29) is 33.8 Å². The Hall–Kier alpha value is -2.43. The molecule has 0 saturated carbocycles. The van der Waals surface area contributed by atoms with Crippen molar-refractivity contribution < 1.29 is 19.8 Å². The van der Waals surface area contributed by atoms with Gasteiger partial charge in [-0.1, -0.05) is 26.0 Å². The van der Waals surface area contributed by atoms with Crippen molar-refractivity contribution in [2.45, 2.75) is 26.7 Å². The molecule has 0 heterocycles. The van der Waals surface area contributed by atoms with E-state index in [1.165, 1.54) is 18.3 Å². The number of hydrogen-bond acceptors (Lipinski definition) is 4. The highest BCUT2D eigenvalue weighted by atomic mass is 16.4. The van der Waals surface area contributed by atoms with Gasteiger partial charge in [0.1, 0.15) is 0 Å². The van der Waals surface area contributed by atoms with Crippen LogP contribution in [0.4, 0.5) is 5.69 Å². The van der Waals surface area contributed by atoms with Crippen LogP contribution < -0.4 is 5.11 Å². The van der Waals surface area contributed by atoms with E-state index >= 15 is 0 Å². The predicted octanol–water partition coefficient (Wildman–Crippen LogP) is 2.09. The topological polar surface area (TPSA) is 89.8 Å². The second-order valence-corrected chi connectivity index (χ2v) is 5.86. The van der Waals surface area contributed by atoms with E-state index in [1.807, 2.05) is 13.8 Å². The molecule has 0 atom stereocenters. The van der Waals surface area contributed by atoms with Crippen LogP contribution in [0.5, 0.6) is 0 Å². The standard InChI is InChI=1S/C16H17NO4/c1-16(2)7-13(18)11(14(19)8-16)9-17-12-6-4-3-5-10(12)15(20)21/h3-6,9,18H,7-8H2,1-2H3,(H,20,21)/p-1. The van der Waals surface area contributed by atoms with Crippen LogP contribution in [0.3, 0.4) is 0 Å². The molecule has 5 heteroatoms. The average molecular weight is 286 g/mol. The Morgan fingerprint density at radius 2 is 2.00 bits per heavy atom. The van der Waals surface area contributed by atoms with Crippen LogP contribution in [0.1, 0.15) is 37.0 Å². The Bertz CT molecular complexity index is 656. The van der Waals surface area contributed by atoms with E-state index in [1.54, 1.807) is 12.1 Å². The molecule has 1 N–H and O–H groups in total. The maximum atomic E-state index is 12.0. The Balaban J connectivity index is 2.34. The molecule has 0 amide bonds. The van der Waals surface area contributed by atoms with Gasteiger partial charge in [-0.15, -0.1) is 5.76 Å².